The Labute approximate surface area is 163 Å². The quantitative estimate of drug-likeness (QED) is 0.398. The summed E-state index contributed by atoms with van der Waals surface area (Å²) in [6.45, 7) is 5.42. The van der Waals surface area contributed by atoms with E-state index in [0.717, 1.165) is 51.7 Å². The van der Waals surface area contributed by atoms with Crippen molar-refractivity contribution >= 4 is 6.03 Å². The van der Waals surface area contributed by atoms with Crippen molar-refractivity contribution in [3.8, 4) is 0 Å². The van der Waals surface area contributed by atoms with Gasteiger partial charge in [-0.15, -0.1) is 0 Å². The van der Waals surface area contributed by atoms with Crippen molar-refractivity contribution in [2.45, 2.75) is 82.5 Å². The Balaban J connectivity index is 1.39. The maximum Gasteiger partial charge on any atom is 0.317 e. The maximum atomic E-state index is 12.4. The van der Waals surface area contributed by atoms with Crippen LogP contribution in [0.2, 0.25) is 0 Å². The van der Waals surface area contributed by atoms with E-state index in [0.29, 0.717) is 12.0 Å². The number of amides is 2. The molecule has 0 spiro atoms. The monoisotopic (exact) mass is 382 g/mol. The summed E-state index contributed by atoms with van der Waals surface area (Å²) in [7, 11) is 1.75. The van der Waals surface area contributed by atoms with Gasteiger partial charge in [0, 0.05) is 25.7 Å². The first-order valence-electron chi connectivity index (χ1n) is 10.7. The number of methoxy groups -OCH3 is 1. The SMILES string of the molecule is COC1CCCC(NC(=O)NC2NC(C)CC(NCC3CCCNC3)N2)C1. The molecule has 0 radical (unpaired) electrons. The highest BCUT2D eigenvalue weighted by Gasteiger charge is 2.28. The van der Waals surface area contributed by atoms with E-state index < -0.39 is 0 Å². The lowest BCUT2D eigenvalue weighted by Gasteiger charge is -2.38. The molecule has 6 unspecified atom stereocenters. The molecule has 6 N–H and O–H groups in total. The van der Waals surface area contributed by atoms with Gasteiger partial charge in [0.05, 0.1) is 12.3 Å². The highest BCUT2D eigenvalue weighted by molar-refractivity contribution is 5.74. The van der Waals surface area contributed by atoms with Crippen LogP contribution in [-0.2, 0) is 4.74 Å². The van der Waals surface area contributed by atoms with E-state index in [1.165, 1.54) is 12.8 Å². The summed E-state index contributed by atoms with van der Waals surface area (Å²) in [4.78, 5) is 12.4. The molecular formula is C19H38N6O2. The van der Waals surface area contributed by atoms with E-state index in [1.807, 2.05) is 0 Å². The summed E-state index contributed by atoms with van der Waals surface area (Å²) in [5.74, 6) is 0.695. The van der Waals surface area contributed by atoms with Crippen LogP contribution in [0.5, 0.6) is 0 Å². The van der Waals surface area contributed by atoms with Crippen LogP contribution in [0.4, 0.5) is 4.79 Å². The predicted molar refractivity (Wildman–Crippen MR) is 106 cm³/mol. The smallest absolute Gasteiger partial charge is 0.317 e. The molecule has 0 aromatic rings. The minimum atomic E-state index is -0.224. The van der Waals surface area contributed by atoms with Crippen LogP contribution in [0.15, 0.2) is 0 Å². The largest absolute Gasteiger partial charge is 0.381 e. The fourth-order valence-electron chi connectivity index (χ4n) is 4.50. The van der Waals surface area contributed by atoms with Crippen molar-refractivity contribution in [1.82, 2.24) is 31.9 Å². The topological polar surface area (TPSA) is 98.5 Å². The lowest BCUT2D eigenvalue weighted by Crippen LogP contribution is -2.68. The van der Waals surface area contributed by atoms with Gasteiger partial charge in [-0.3, -0.25) is 10.6 Å². The third-order valence-corrected chi connectivity index (χ3v) is 6.03. The summed E-state index contributed by atoms with van der Waals surface area (Å²) < 4.78 is 5.45. The summed E-state index contributed by atoms with van der Waals surface area (Å²) in [6, 6.07) is 0.412. The Hall–Kier alpha value is -0.930. The highest BCUT2D eigenvalue weighted by atomic mass is 16.5. The average molecular weight is 383 g/mol. The normalized spacial score (nSPS) is 37.6. The first kappa shape index (κ1) is 20.8. The molecule has 2 saturated heterocycles. The zero-order chi connectivity index (χ0) is 19.1. The zero-order valence-corrected chi connectivity index (χ0v) is 16.9. The van der Waals surface area contributed by atoms with Crippen LogP contribution < -0.4 is 31.9 Å². The molecule has 1 saturated carbocycles. The van der Waals surface area contributed by atoms with E-state index in [1.54, 1.807) is 7.11 Å². The van der Waals surface area contributed by atoms with Gasteiger partial charge in [0.2, 0.25) is 0 Å². The van der Waals surface area contributed by atoms with Crippen LogP contribution in [0, 0.1) is 5.92 Å². The van der Waals surface area contributed by atoms with Gasteiger partial charge in [-0.05, 0) is 70.9 Å². The number of hydrogen-bond acceptors (Lipinski definition) is 6. The number of carbonyl (C=O) groups excluding carboxylic acids is 1. The minimum Gasteiger partial charge on any atom is -0.381 e. The zero-order valence-electron chi connectivity index (χ0n) is 16.9. The van der Waals surface area contributed by atoms with Crippen LogP contribution in [0.25, 0.3) is 0 Å². The van der Waals surface area contributed by atoms with Crippen molar-refractivity contribution in [2.24, 2.45) is 5.92 Å². The molecule has 2 heterocycles. The molecule has 0 bridgehead atoms. The Kier molecular flexibility index (Phi) is 8.14. The predicted octanol–water partition coefficient (Wildman–Crippen LogP) is 0.414. The Bertz CT molecular complexity index is 459. The maximum absolute atomic E-state index is 12.4. The van der Waals surface area contributed by atoms with E-state index >= 15 is 0 Å². The van der Waals surface area contributed by atoms with Crippen LogP contribution in [0.3, 0.4) is 0 Å². The van der Waals surface area contributed by atoms with Crippen LogP contribution in [0.1, 0.15) is 51.9 Å². The summed E-state index contributed by atoms with van der Waals surface area (Å²) in [6.07, 6.45) is 7.90. The number of rotatable bonds is 6. The van der Waals surface area contributed by atoms with Gasteiger partial charge >= 0.3 is 6.03 Å². The molecule has 156 valence electrons. The Morgan fingerprint density at radius 2 is 2.00 bits per heavy atom. The van der Waals surface area contributed by atoms with E-state index in [-0.39, 0.29) is 30.6 Å². The van der Waals surface area contributed by atoms with Gasteiger partial charge in [0.15, 0.2) is 0 Å². The third kappa shape index (κ3) is 6.87. The number of carbonyl (C=O) groups is 1. The minimum absolute atomic E-state index is 0.119. The fourth-order valence-corrected chi connectivity index (χ4v) is 4.50. The molecule has 2 aliphatic heterocycles. The molecule has 3 fully saturated rings. The summed E-state index contributed by atoms with van der Waals surface area (Å²) in [5.41, 5.74) is 0. The number of nitrogens with one attached hydrogen (secondary N) is 6. The molecule has 2 amide bonds. The van der Waals surface area contributed by atoms with Crippen molar-refractivity contribution in [2.75, 3.05) is 26.7 Å². The van der Waals surface area contributed by atoms with E-state index in [4.69, 9.17) is 4.74 Å². The second-order valence-corrected chi connectivity index (χ2v) is 8.42. The first-order valence-corrected chi connectivity index (χ1v) is 10.7. The molecule has 0 aromatic heterocycles. The lowest BCUT2D eigenvalue weighted by atomic mass is 9.93. The number of ether oxygens (including phenoxy) is 1. The second kappa shape index (κ2) is 10.6. The van der Waals surface area contributed by atoms with Gasteiger partial charge in [0.1, 0.15) is 6.29 Å². The summed E-state index contributed by atoms with van der Waals surface area (Å²) >= 11 is 0. The number of piperidine rings is 1. The van der Waals surface area contributed by atoms with E-state index in [9.17, 15) is 4.79 Å². The van der Waals surface area contributed by atoms with Gasteiger partial charge in [-0.25, -0.2) is 4.79 Å². The van der Waals surface area contributed by atoms with Gasteiger partial charge in [-0.2, -0.15) is 0 Å². The first-order chi connectivity index (χ1) is 13.1. The van der Waals surface area contributed by atoms with Crippen molar-refractivity contribution in [1.29, 1.82) is 0 Å². The summed E-state index contributed by atoms with van der Waals surface area (Å²) in [5, 5.41) is 20.1. The molecule has 8 nitrogen and oxygen atoms in total. The molecule has 3 rings (SSSR count). The van der Waals surface area contributed by atoms with Crippen molar-refractivity contribution in [3.63, 3.8) is 0 Å². The number of hydrogen-bond donors (Lipinski definition) is 6. The molecule has 3 aliphatic rings. The molecule has 1 aliphatic carbocycles. The van der Waals surface area contributed by atoms with Crippen molar-refractivity contribution in [3.05, 3.63) is 0 Å². The van der Waals surface area contributed by atoms with Crippen molar-refractivity contribution < 1.29 is 9.53 Å². The molecule has 6 atom stereocenters. The standard InChI is InChI=1S/C19H38N6O2/c1-13-9-17(21-12-14-5-4-8-20-11-14)24-18(22-13)25-19(26)23-15-6-3-7-16(10-15)27-2/h13-18,20-22,24H,3-12H2,1-2H3,(H2,23,25,26). The van der Waals surface area contributed by atoms with Gasteiger partial charge in [-0.1, -0.05) is 0 Å². The molecule has 8 heteroatoms. The number of urea groups is 1. The van der Waals surface area contributed by atoms with E-state index in [2.05, 4.69) is 38.8 Å². The molecular weight excluding hydrogens is 344 g/mol. The highest BCUT2D eigenvalue weighted by Crippen LogP contribution is 2.20. The Morgan fingerprint density at radius 3 is 2.78 bits per heavy atom. The third-order valence-electron chi connectivity index (χ3n) is 6.03. The second-order valence-electron chi connectivity index (χ2n) is 8.42. The van der Waals surface area contributed by atoms with Crippen LogP contribution >= 0.6 is 0 Å². The fraction of sp³-hybridized carbons (Fsp3) is 0.947. The molecule has 27 heavy (non-hydrogen) atoms. The van der Waals surface area contributed by atoms with Crippen LogP contribution in [-0.4, -0.2) is 63.4 Å². The lowest BCUT2D eigenvalue weighted by molar-refractivity contribution is 0.0601. The van der Waals surface area contributed by atoms with Gasteiger partial charge < -0.3 is 26.0 Å². The molecule has 0 aromatic carbocycles. The average Bonchev–Trinajstić information content (AvgIpc) is 2.67. The Morgan fingerprint density at radius 1 is 1.11 bits per heavy atom. The van der Waals surface area contributed by atoms with Gasteiger partial charge in [0.25, 0.3) is 0 Å².